The van der Waals surface area contributed by atoms with E-state index in [1.54, 1.807) is 0 Å². The highest BCUT2D eigenvalue weighted by atomic mass is 16.2. The summed E-state index contributed by atoms with van der Waals surface area (Å²) in [6.07, 6.45) is 2.08. The number of carbonyl (C=O) groups excluding carboxylic acids is 1. The number of likely N-dealkylation sites (tertiary alicyclic amines) is 1. The van der Waals surface area contributed by atoms with Gasteiger partial charge in [0.15, 0.2) is 0 Å². The van der Waals surface area contributed by atoms with Crippen LogP contribution in [0.5, 0.6) is 0 Å². The Balaban J connectivity index is 1.60. The molecule has 0 bridgehead atoms. The first-order chi connectivity index (χ1) is 11.5. The molecule has 2 atom stereocenters. The van der Waals surface area contributed by atoms with E-state index in [1.165, 1.54) is 6.07 Å². The van der Waals surface area contributed by atoms with Crippen LogP contribution in [-0.2, 0) is 4.79 Å². The van der Waals surface area contributed by atoms with Crippen molar-refractivity contribution in [3.63, 3.8) is 0 Å². The first-order valence-corrected chi connectivity index (χ1v) is 8.76. The van der Waals surface area contributed by atoms with Gasteiger partial charge in [0.25, 0.3) is 5.56 Å². The van der Waals surface area contributed by atoms with E-state index in [4.69, 9.17) is 0 Å². The molecule has 2 aliphatic rings. The molecule has 0 aromatic carbocycles. The lowest BCUT2D eigenvalue weighted by atomic mass is 10.1. The average molecular weight is 333 g/mol. The largest absolute Gasteiger partial charge is 0.339 e. The summed E-state index contributed by atoms with van der Waals surface area (Å²) >= 11 is 0. The zero-order chi connectivity index (χ0) is 17.3. The quantitative estimate of drug-likeness (QED) is 0.866. The Bertz CT molecular complexity index is 651. The van der Waals surface area contributed by atoms with Crippen LogP contribution < -0.4 is 5.56 Å². The van der Waals surface area contributed by atoms with Crippen molar-refractivity contribution >= 4 is 5.91 Å². The van der Waals surface area contributed by atoms with Crippen molar-refractivity contribution in [3.05, 3.63) is 27.9 Å². The number of rotatable bonds is 3. The fourth-order valence-corrected chi connectivity index (χ4v) is 3.74. The summed E-state index contributed by atoms with van der Waals surface area (Å²) < 4.78 is 0. The molecule has 7 nitrogen and oxygen atoms in total. The molecular weight excluding hydrogens is 306 g/mol. The number of aryl methyl sites for hydroxylation is 1. The number of aromatic amines is 1. The number of likely N-dealkylation sites (N-methyl/N-ethyl adjacent to an activating group) is 1. The van der Waals surface area contributed by atoms with E-state index in [0.29, 0.717) is 5.82 Å². The number of amides is 1. The van der Waals surface area contributed by atoms with Crippen LogP contribution in [0.25, 0.3) is 0 Å². The molecule has 2 aliphatic heterocycles. The number of nitrogens with zero attached hydrogens (tertiary/aromatic N) is 4. The maximum Gasteiger partial charge on any atom is 0.251 e. The minimum atomic E-state index is -0.109. The van der Waals surface area contributed by atoms with Crippen molar-refractivity contribution in [2.45, 2.75) is 38.8 Å². The summed E-state index contributed by atoms with van der Waals surface area (Å²) in [5.74, 6) is 0.972. The molecule has 3 rings (SSSR count). The van der Waals surface area contributed by atoms with Gasteiger partial charge in [-0.2, -0.15) is 0 Å². The predicted molar refractivity (Wildman–Crippen MR) is 91.8 cm³/mol. The molecular formula is C17H27N5O2. The molecule has 2 fully saturated rings. The molecule has 1 amide bonds. The molecule has 1 aromatic heterocycles. The third-order valence-electron chi connectivity index (χ3n) is 5.26. The van der Waals surface area contributed by atoms with E-state index < -0.39 is 0 Å². The SMILES string of the molecule is Cc1cc(=O)[nH]c([C@@H](C)N2CCN(C(=O)[C@H]3CCCN3C)CC2)n1. The van der Waals surface area contributed by atoms with Crippen LogP contribution in [0.15, 0.2) is 10.9 Å². The summed E-state index contributed by atoms with van der Waals surface area (Å²) in [6, 6.07) is 1.61. The van der Waals surface area contributed by atoms with Crippen molar-refractivity contribution in [1.29, 1.82) is 0 Å². The van der Waals surface area contributed by atoms with E-state index in [1.807, 2.05) is 18.9 Å². The maximum absolute atomic E-state index is 12.7. The van der Waals surface area contributed by atoms with Crippen LogP contribution in [0.1, 0.15) is 37.3 Å². The third kappa shape index (κ3) is 3.52. The van der Waals surface area contributed by atoms with Gasteiger partial charge in [-0.3, -0.25) is 19.4 Å². The maximum atomic E-state index is 12.7. The van der Waals surface area contributed by atoms with E-state index >= 15 is 0 Å². The van der Waals surface area contributed by atoms with Gasteiger partial charge in [0.05, 0.1) is 12.1 Å². The Labute approximate surface area is 142 Å². The molecule has 7 heteroatoms. The number of hydrogen-bond acceptors (Lipinski definition) is 5. The first-order valence-electron chi connectivity index (χ1n) is 8.76. The van der Waals surface area contributed by atoms with Crippen molar-refractivity contribution in [1.82, 2.24) is 24.7 Å². The van der Waals surface area contributed by atoms with Crippen molar-refractivity contribution < 1.29 is 4.79 Å². The molecule has 1 aromatic rings. The van der Waals surface area contributed by atoms with Crippen LogP contribution >= 0.6 is 0 Å². The van der Waals surface area contributed by atoms with E-state index in [9.17, 15) is 9.59 Å². The summed E-state index contributed by atoms with van der Waals surface area (Å²) in [6.45, 7) is 8.00. The second-order valence-electron chi connectivity index (χ2n) is 6.95. The Kier molecular flexibility index (Phi) is 5.01. The fraction of sp³-hybridized carbons (Fsp3) is 0.706. The van der Waals surface area contributed by atoms with Gasteiger partial charge in [-0.15, -0.1) is 0 Å². The van der Waals surface area contributed by atoms with E-state index in [2.05, 4.69) is 26.7 Å². The molecule has 1 N–H and O–H groups in total. The summed E-state index contributed by atoms with van der Waals surface area (Å²) in [5.41, 5.74) is 0.626. The van der Waals surface area contributed by atoms with Gasteiger partial charge in [0.2, 0.25) is 5.91 Å². The van der Waals surface area contributed by atoms with Gasteiger partial charge in [0, 0.05) is 37.9 Å². The summed E-state index contributed by atoms with van der Waals surface area (Å²) in [4.78, 5) is 38.0. The molecule has 0 unspecified atom stereocenters. The lowest BCUT2D eigenvalue weighted by molar-refractivity contribution is -0.137. The third-order valence-corrected chi connectivity index (χ3v) is 5.26. The van der Waals surface area contributed by atoms with Crippen molar-refractivity contribution in [2.75, 3.05) is 39.8 Å². The monoisotopic (exact) mass is 333 g/mol. The van der Waals surface area contributed by atoms with Gasteiger partial charge in [0.1, 0.15) is 5.82 Å². The van der Waals surface area contributed by atoms with Crippen LogP contribution in [-0.4, -0.2) is 76.4 Å². The average Bonchev–Trinajstić information content (AvgIpc) is 2.99. The van der Waals surface area contributed by atoms with Gasteiger partial charge >= 0.3 is 0 Å². The van der Waals surface area contributed by atoms with Crippen LogP contribution in [0.4, 0.5) is 0 Å². The number of H-pyrrole nitrogens is 1. The van der Waals surface area contributed by atoms with Crippen LogP contribution in [0.3, 0.4) is 0 Å². The number of hydrogen-bond donors (Lipinski definition) is 1. The zero-order valence-electron chi connectivity index (χ0n) is 14.8. The van der Waals surface area contributed by atoms with E-state index in [0.717, 1.165) is 51.3 Å². The predicted octanol–water partition coefficient (Wildman–Crippen LogP) is 0.378. The standard InChI is InChI=1S/C17H27N5O2/c1-12-11-15(23)19-16(18-12)13(2)21-7-9-22(10-8-21)17(24)14-5-4-6-20(14)3/h11,13-14H,4-10H2,1-3H3,(H,18,19,23)/t13-,14-/m1/s1. The van der Waals surface area contributed by atoms with Gasteiger partial charge < -0.3 is 9.88 Å². The van der Waals surface area contributed by atoms with Gasteiger partial charge in [-0.05, 0) is 40.3 Å². The second kappa shape index (κ2) is 7.03. The van der Waals surface area contributed by atoms with Crippen LogP contribution in [0, 0.1) is 6.92 Å². The Morgan fingerprint density at radius 1 is 1.29 bits per heavy atom. The Morgan fingerprint density at radius 2 is 2.00 bits per heavy atom. The highest BCUT2D eigenvalue weighted by Crippen LogP contribution is 2.21. The molecule has 24 heavy (non-hydrogen) atoms. The van der Waals surface area contributed by atoms with Gasteiger partial charge in [-0.25, -0.2) is 4.98 Å². The van der Waals surface area contributed by atoms with Crippen LogP contribution in [0.2, 0.25) is 0 Å². The number of carbonyl (C=O) groups is 1. The molecule has 0 spiro atoms. The normalized spacial score (nSPS) is 24.3. The topological polar surface area (TPSA) is 72.5 Å². The minimum absolute atomic E-state index is 0.0454. The van der Waals surface area contributed by atoms with Crippen molar-refractivity contribution in [3.8, 4) is 0 Å². The molecule has 0 aliphatic carbocycles. The number of aromatic nitrogens is 2. The van der Waals surface area contributed by atoms with Gasteiger partial charge in [-0.1, -0.05) is 0 Å². The summed E-state index contributed by atoms with van der Waals surface area (Å²) in [5, 5.41) is 0. The Morgan fingerprint density at radius 3 is 2.58 bits per heavy atom. The molecule has 132 valence electrons. The fourth-order valence-electron chi connectivity index (χ4n) is 3.74. The molecule has 0 radical (unpaired) electrons. The molecule has 3 heterocycles. The number of nitrogens with one attached hydrogen (secondary N) is 1. The second-order valence-corrected chi connectivity index (χ2v) is 6.95. The summed E-state index contributed by atoms with van der Waals surface area (Å²) in [7, 11) is 2.04. The molecule has 2 saturated heterocycles. The highest BCUT2D eigenvalue weighted by molar-refractivity contribution is 5.82. The zero-order valence-corrected chi connectivity index (χ0v) is 14.8. The number of piperazine rings is 1. The minimum Gasteiger partial charge on any atom is -0.339 e. The molecule has 0 saturated carbocycles. The highest BCUT2D eigenvalue weighted by Gasteiger charge is 2.33. The van der Waals surface area contributed by atoms with Crippen molar-refractivity contribution in [2.24, 2.45) is 0 Å². The lowest BCUT2D eigenvalue weighted by Gasteiger charge is -2.39. The lowest BCUT2D eigenvalue weighted by Crippen LogP contribution is -2.53. The van der Waals surface area contributed by atoms with E-state index in [-0.39, 0.29) is 23.6 Å². The Hall–Kier alpha value is -1.73. The first kappa shape index (κ1) is 17.1. The smallest absolute Gasteiger partial charge is 0.251 e.